The van der Waals surface area contributed by atoms with Gasteiger partial charge in [-0.1, -0.05) is 48.5 Å². The number of hydrogen-bond acceptors (Lipinski definition) is 4. The molecule has 0 N–H and O–H groups in total. The zero-order valence-corrected chi connectivity index (χ0v) is 16.6. The Hall–Kier alpha value is -1.59. The summed E-state index contributed by atoms with van der Waals surface area (Å²) >= 11 is 3.65. The summed E-state index contributed by atoms with van der Waals surface area (Å²) in [5.41, 5.74) is 5.42. The molecular formula is C20H23N3S2. The minimum atomic E-state index is 0.805. The highest BCUT2D eigenvalue weighted by Crippen LogP contribution is 2.38. The van der Waals surface area contributed by atoms with E-state index in [1.807, 2.05) is 11.3 Å². The van der Waals surface area contributed by atoms with Crippen LogP contribution in [-0.4, -0.2) is 14.8 Å². The van der Waals surface area contributed by atoms with Crippen LogP contribution in [0.2, 0.25) is 0 Å². The van der Waals surface area contributed by atoms with Gasteiger partial charge in [-0.05, 0) is 43.2 Å². The van der Waals surface area contributed by atoms with Crippen molar-refractivity contribution in [2.75, 3.05) is 0 Å². The molecule has 1 unspecified atom stereocenters. The molecule has 0 bridgehead atoms. The largest absolute Gasteiger partial charge is 0.305 e. The highest BCUT2D eigenvalue weighted by Gasteiger charge is 2.23. The quantitative estimate of drug-likeness (QED) is 0.587. The van der Waals surface area contributed by atoms with Crippen LogP contribution in [-0.2, 0) is 25.6 Å². The van der Waals surface area contributed by atoms with Crippen LogP contribution >= 0.6 is 23.1 Å². The lowest BCUT2D eigenvalue weighted by molar-refractivity contribution is 0.508. The molecule has 3 aromatic rings. The van der Waals surface area contributed by atoms with E-state index in [0.717, 1.165) is 22.7 Å². The maximum Gasteiger partial charge on any atom is 0.191 e. The second-order valence-electron chi connectivity index (χ2n) is 7.04. The fourth-order valence-electron chi connectivity index (χ4n) is 3.37. The van der Waals surface area contributed by atoms with Crippen LogP contribution < -0.4 is 0 Å². The van der Waals surface area contributed by atoms with Crippen LogP contribution in [0.1, 0.15) is 34.9 Å². The monoisotopic (exact) mass is 369 g/mol. The SMILES string of the molecule is Cc1ccc(CSc2nnc(-c3csc4c3CCC(C)C4)n2C)cc1. The predicted molar refractivity (Wildman–Crippen MR) is 106 cm³/mol. The zero-order valence-electron chi connectivity index (χ0n) is 15.0. The Morgan fingerprint density at radius 3 is 2.84 bits per heavy atom. The van der Waals surface area contributed by atoms with E-state index in [2.05, 4.69) is 65.3 Å². The van der Waals surface area contributed by atoms with Gasteiger partial charge in [0.15, 0.2) is 11.0 Å². The molecule has 3 nitrogen and oxygen atoms in total. The van der Waals surface area contributed by atoms with Gasteiger partial charge in [-0.15, -0.1) is 21.5 Å². The number of benzene rings is 1. The molecule has 0 saturated heterocycles. The van der Waals surface area contributed by atoms with E-state index < -0.39 is 0 Å². The molecule has 0 fully saturated rings. The smallest absolute Gasteiger partial charge is 0.191 e. The molecule has 2 heterocycles. The van der Waals surface area contributed by atoms with Gasteiger partial charge >= 0.3 is 0 Å². The number of fused-ring (bicyclic) bond motifs is 1. The Labute approximate surface area is 157 Å². The third-order valence-electron chi connectivity index (χ3n) is 4.97. The Kier molecular flexibility index (Phi) is 4.69. The first-order valence-corrected chi connectivity index (χ1v) is 10.7. The van der Waals surface area contributed by atoms with Crippen LogP contribution in [0.5, 0.6) is 0 Å². The van der Waals surface area contributed by atoms with Crippen LogP contribution in [0.15, 0.2) is 34.8 Å². The third kappa shape index (κ3) is 3.40. The summed E-state index contributed by atoms with van der Waals surface area (Å²) in [5.74, 6) is 2.74. The first-order valence-electron chi connectivity index (χ1n) is 8.79. The van der Waals surface area contributed by atoms with Crippen LogP contribution in [0.3, 0.4) is 0 Å². The number of nitrogens with zero attached hydrogens (tertiary/aromatic N) is 3. The highest BCUT2D eigenvalue weighted by atomic mass is 32.2. The lowest BCUT2D eigenvalue weighted by Crippen LogP contribution is -2.09. The summed E-state index contributed by atoms with van der Waals surface area (Å²) in [6.45, 7) is 4.47. The van der Waals surface area contributed by atoms with Gasteiger partial charge in [-0.2, -0.15) is 0 Å². The summed E-state index contributed by atoms with van der Waals surface area (Å²) in [5, 5.41) is 12.2. The molecule has 130 valence electrons. The van der Waals surface area contributed by atoms with Crippen molar-refractivity contribution in [2.45, 2.75) is 44.0 Å². The average molecular weight is 370 g/mol. The topological polar surface area (TPSA) is 30.7 Å². The number of rotatable bonds is 4. The van der Waals surface area contributed by atoms with Crippen molar-refractivity contribution in [1.82, 2.24) is 14.8 Å². The highest BCUT2D eigenvalue weighted by molar-refractivity contribution is 7.98. The lowest BCUT2D eigenvalue weighted by Gasteiger charge is -2.18. The van der Waals surface area contributed by atoms with Crippen molar-refractivity contribution in [3.05, 3.63) is 51.2 Å². The van der Waals surface area contributed by atoms with Gasteiger partial charge in [0.25, 0.3) is 0 Å². The van der Waals surface area contributed by atoms with Crippen molar-refractivity contribution in [1.29, 1.82) is 0 Å². The van der Waals surface area contributed by atoms with Gasteiger partial charge in [-0.25, -0.2) is 0 Å². The molecule has 0 aliphatic heterocycles. The second kappa shape index (κ2) is 6.96. The Balaban J connectivity index is 1.54. The molecule has 2 aromatic heterocycles. The third-order valence-corrected chi connectivity index (χ3v) is 7.11. The van der Waals surface area contributed by atoms with Crippen molar-refractivity contribution >= 4 is 23.1 Å². The van der Waals surface area contributed by atoms with Crippen molar-refractivity contribution in [3.63, 3.8) is 0 Å². The maximum absolute atomic E-state index is 4.51. The van der Waals surface area contributed by atoms with E-state index in [1.165, 1.54) is 41.5 Å². The van der Waals surface area contributed by atoms with Gasteiger partial charge < -0.3 is 4.57 Å². The van der Waals surface area contributed by atoms with Crippen LogP contribution in [0, 0.1) is 12.8 Å². The first kappa shape index (κ1) is 16.9. The van der Waals surface area contributed by atoms with E-state index in [4.69, 9.17) is 0 Å². The summed E-state index contributed by atoms with van der Waals surface area (Å²) in [7, 11) is 2.09. The summed E-state index contributed by atoms with van der Waals surface area (Å²) < 4.78 is 2.15. The molecule has 1 atom stereocenters. The van der Waals surface area contributed by atoms with Crippen LogP contribution in [0.25, 0.3) is 11.4 Å². The zero-order chi connectivity index (χ0) is 17.4. The molecule has 0 radical (unpaired) electrons. The number of aryl methyl sites for hydroxylation is 1. The van der Waals surface area contributed by atoms with E-state index >= 15 is 0 Å². The lowest BCUT2D eigenvalue weighted by atomic mass is 9.88. The van der Waals surface area contributed by atoms with Crippen molar-refractivity contribution in [2.24, 2.45) is 13.0 Å². The normalized spacial score (nSPS) is 16.8. The molecule has 25 heavy (non-hydrogen) atoms. The molecule has 5 heteroatoms. The van der Waals surface area contributed by atoms with Gasteiger partial charge in [0, 0.05) is 28.6 Å². The minimum absolute atomic E-state index is 0.805. The van der Waals surface area contributed by atoms with E-state index in [0.29, 0.717) is 0 Å². The molecule has 0 amide bonds. The standard InChI is InChI=1S/C20H23N3S2/c1-13-4-7-15(8-5-13)11-25-20-22-21-19(23(20)3)17-12-24-18-10-14(2)6-9-16(17)18/h4-5,7-8,12,14H,6,9-11H2,1-3H3. The van der Waals surface area contributed by atoms with Gasteiger partial charge in [0.05, 0.1) is 0 Å². The van der Waals surface area contributed by atoms with Crippen molar-refractivity contribution < 1.29 is 0 Å². The second-order valence-corrected chi connectivity index (χ2v) is 8.95. The maximum atomic E-state index is 4.51. The van der Waals surface area contributed by atoms with Gasteiger partial charge in [0.1, 0.15) is 0 Å². The summed E-state index contributed by atoms with van der Waals surface area (Å²) in [4.78, 5) is 1.55. The number of thioether (sulfide) groups is 1. The number of hydrogen-bond donors (Lipinski definition) is 0. The molecule has 0 saturated carbocycles. The molecular weight excluding hydrogens is 346 g/mol. The Morgan fingerprint density at radius 2 is 2.04 bits per heavy atom. The Bertz CT molecular complexity index is 877. The van der Waals surface area contributed by atoms with Crippen molar-refractivity contribution in [3.8, 4) is 11.4 Å². The van der Waals surface area contributed by atoms with E-state index in [1.54, 1.807) is 16.6 Å². The Morgan fingerprint density at radius 1 is 1.24 bits per heavy atom. The first-order chi connectivity index (χ1) is 12.1. The number of thiophene rings is 1. The predicted octanol–water partition coefficient (Wildman–Crippen LogP) is 5.27. The molecule has 1 aliphatic carbocycles. The summed E-state index contributed by atoms with van der Waals surface area (Å²) in [6.07, 6.45) is 3.67. The number of aromatic nitrogens is 3. The molecule has 1 aliphatic rings. The molecule has 1 aromatic carbocycles. The van der Waals surface area contributed by atoms with Gasteiger partial charge in [0.2, 0.25) is 0 Å². The molecule has 4 rings (SSSR count). The summed E-state index contributed by atoms with van der Waals surface area (Å²) in [6, 6.07) is 8.71. The molecule has 0 spiro atoms. The fourth-order valence-corrected chi connectivity index (χ4v) is 5.48. The van der Waals surface area contributed by atoms with Crippen LogP contribution in [0.4, 0.5) is 0 Å². The minimum Gasteiger partial charge on any atom is -0.305 e. The fraction of sp³-hybridized carbons (Fsp3) is 0.400. The van der Waals surface area contributed by atoms with E-state index in [9.17, 15) is 0 Å². The van der Waals surface area contributed by atoms with Gasteiger partial charge in [-0.3, -0.25) is 0 Å². The van der Waals surface area contributed by atoms with E-state index in [-0.39, 0.29) is 0 Å². The average Bonchev–Trinajstić information content (AvgIpc) is 3.17.